The first-order valence-electron chi connectivity index (χ1n) is 8.77. The first-order valence-corrected chi connectivity index (χ1v) is 8.77. The van der Waals surface area contributed by atoms with Gasteiger partial charge in [0, 0.05) is 37.8 Å². The Labute approximate surface area is 153 Å². The molecule has 1 aliphatic rings. The molecule has 2 aromatic rings. The molecule has 0 unspecified atom stereocenters. The highest BCUT2D eigenvalue weighted by molar-refractivity contribution is 5.81. The van der Waals surface area contributed by atoms with Crippen LogP contribution in [0.15, 0.2) is 54.9 Å². The molecule has 6 heteroatoms. The highest BCUT2D eigenvalue weighted by atomic mass is 16.5. The summed E-state index contributed by atoms with van der Waals surface area (Å²) in [5.74, 6) is -0.117. The fraction of sp³-hybridized carbons (Fsp3) is 0.350. The molecule has 0 bridgehead atoms. The number of nitrogens with zero attached hydrogens (tertiary/aromatic N) is 2. The van der Waals surface area contributed by atoms with Crippen molar-refractivity contribution >= 4 is 11.8 Å². The fourth-order valence-corrected chi connectivity index (χ4v) is 3.26. The SMILES string of the molecule is NC(=O)[C@@H]1CN(C(=O)CCc2ccccc2)C[C@H]1COc1ccncc1. The highest BCUT2D eigenvalue weighted by Crippen LogP contribution is 2.25. The van der Waals surface area contributed by atoms with Crippen LogP contribution in [0.5, 0.6) is 5.75 Å². The summed E-state index contributed by atoms with van der Waals surface area (Å²) in [7, 11) is 0. The molecule has 3 rings (SSSR count). The van der Waals surface area contributed by atoms with E-state index in [4.69, 9.17) is 10.5 Å². The lowest BCUT2D eigenvalue weighted by Gasteiger charge is -2.17. The molecule has 2 heterocycles. The van der Waals surface area contributed by atoms with Crippen molar-refractivity contribution in [1.82, 2.24) is 9.88 Å². The Hall–Kier alpha value is -2.89. The van der Waals surface area contributed by atoms with Gasteiger partial charge in [0.25, 0.3) is 0 Å². The van der Waals surface area contributed by atoms with Crippen molar-refractivity contribution in [2.24, 2.45) is 17.6 Å². The minimum absolute atomic E-state index is 0.0477. The van der Waals surface area contributed by atoms with Gasteiger partial charge in [-0.2, -0.15) is 0 Å². The molecule has 136 valence electrons. The zero-order valence-corrected chi connectivity index (χ0v) is 14.6. The van der Waals surface area contributed by atoms with Gasteiger partial charge >= 0.3 is 0 Å². The van der Waals surface area contributed by atoms with Crippen LogP contribution in [0.3, 0.4) is 0 Å². The first-order chi connectivity index (χ1) is 12.6. The Morgan fingerprint density at radius 1 is 1.12 bits per heavy atom. The number of aryl methyl sites for hydroxylation is 1. The fourth-order valence-electron chi connectivity index (χ4n) is 3.26. The van der Waals surface area contributed by atoms with Crippen LogP contribution in [-0.4, -0.2) is 41.4 Å². The Kier molecular flexibility index (Phi) is 5.84. The number of primary amides is 1. The van der Waals surface area contributed by atoms with Crippen molar-refractivity contribution in [2.75, 3.05) is 19.7 Å². The maximum atomic E-state index is 12.5. The van der Waals surface area contributed by atoms with E-state index in [0.717, 1.165) is 5.56 Å². The predicted octanol–water partition coefficient (Wildman–Crippen LogP) is 1.65. The molecule has 1 aromatic heterocycles. The summed E-state index contributed by atoms with van der Waals surface area (Å²) in [6.45, 7) is 1.21. The normalized spacial score (nSPS) is 19.3. The molecule has 1 fully saturated rings. The summed E-state index contributed by atoms with van der Waals surface area (Å²) < 4.78 is 5.74. The van der Waals surface area contributed by atoms with Crippen LogP contribution in [0.2, 0.25) is 0 Å². The number of hydrogen-bond acceptors (Lipinski definition) is 4. The summed E-state index contributed by atoms with van der Waals surface area (Å²) in [6.07, 6.45) is 4.41. The molecule has 2 atom stereocenters. The van der Waals surface area contributed by atoms with E-state index < -0.39 is 0 Å². The molecule has 0 aliphatic carbocycles. The third kappa shape index (κ3) is 4.59. The summed E-state index contributed by atoms with van der Waals surface area (Å²) in [6, 6.07) is 13.4. The molecule has 1 aliphatic heterocycles. The van der Waals surface area contributed by atoms with Gasteiger partial charge < -0.3 is 15.4 Å². The minimum Gasteiger partial charge on any atom is -0.493 e. The third-order valence-electron chi connectivity index (χ3n) is 4.74. The number of carbonyl (C=O) groups excluding carboxylic acids is 2. The van der Waals surface area contributed by atoms with Crippen molar-refractivity contribution < 1.29 is 14.3 Å². The lowest BCUT2D eigenvalue weighted by molar-refractivity contribution is -0.130. The smallest absolute Gasteiger partial charge is 0.222 e. The number of likely N-dealkylation sites (tertiary alicyclic amines) is 1. The summed E-state index contributed by atoms with van der Waals surface area (Å²) in [4.78, 5) is 30.0. The van der Waals surface area contributed by atoms with Crippen molar-refractivity contribution in [3.8, 4) is 5.75 Å². The average Bonchev–Trinajstić information content (AvgIpc) is 3.11. The molecule has 6 nitrogen and oxygen atoms in total. The van der Waals surface area contributed by atoms with E-state index in [1.807, 2.05) is 30.3 Å². The molecule has 0 spiro atoms. The molecule has 0 radical (unpaired) electrons. The first kappa shape index (κ1) is 17.9. The van der Waals surface area contributed by atoms with Gasteiger partial charge in [0.15, 0.2) is 0 Å². The van der Waals surface area contributed by atoms with Crippen molar-refractivity contribution in [2.45, 2.75) is 12.8 Å². The second-order valence-electron chi connectivity index (χ2n) is 6.55. The zero-order chi connectivity index (χ0) is 18.4. The van der Waals surface area contributed by atoms with E-state index in [1.54, 1.807) is 29.4 Å². The zero-order valence-electron chi connectivity index (χ0n) is 14.6. The lowest BCUT2D eigenvalue weighted by Crippen LogP contribution is -2.33. The molecular formula is C20H23N3O3. The number of rotatable bonds is 7. The summed E-state index contributed by atoms with van der Waals surface area (Å²) in [5, 5.41) is 0. The maximum absolute atomic E-state index is 12.5. The standard InChI is InChI=1S/C20H23N3O3/c21-20(25)18-13-23(19(24)7-6-15-4-2-1-3-5-15)12-16(18)14-26-17-8-10-22-11-9-17/h1-5,8-11,16,18H,6-7,12-14H2,(H2,21,25)/t16-,18+/m0/s1. The number of hydrogen-bond donors (Lipinski definition) is 1. The van der Waals surface area contributed by atoms with Crippen LogP contribution in [0, 0.1) is 11.8 Å². The van der Waals surface area contributed by atoms with Crippen LogP contribution < -0.4 is 10.5 Å². The van der Waals surface area contributed by atoms with Crippen molar-refractivity contribution in [3.05, 3.63) is 60.4 Å². The van der Waals surface area contributed by atoms with E-state index in [9.17, 15) is 9.59 Å². The predicted molar refractivity (Wildman–Crippen MR) is 97.2 cm³/mol. The van der Waals surface area contributed by atoms with Gasteiger partial charge in [-0.15, -0.1) is 0 Å². The van der Waals surface area contributed by atoms with E-state index in [1.165, 1.54) is 0 Å². The molecule has 2 amide bonds. The van der Waals surface area contributed by atoms with Crippen molar-refractivity contribution in [1.29, 1.82) is 0 Å². The largest absolute Gasteiger partial charge is 0.493 e. The highest BCUT2D eigenvalue weighted by Gasteiger charge is 2.38. The van der Waals surface area contributed by atoms with Crippen LogP contribution in [0.25, 0.3) is 0 Å². The molecule has 1 aromatic carbocycles. The second kappa shape index (κ2) is 8.47. The molecule has 1 saturated heterocycles. The number of amides is 2. The van der Waals surface area contributed by atoms with Crippen LogP contribution in [0.1, 0.15) is 12.0 Å². The van der Waals surface area contributed by atoms with Crippen LogP contribution in [-0.2, 0) is 16.0 Å². The van der Waals surface area contributed by atoms with Gasteiger partial charge in [0.2, 0.25) is 11.8 Å². The molecule has 0 saturated carbocycles. The monoisotopic (exact) mass is 353 g/mol. The van der Waals surface area contributed by atoms with Crippen LogP contribution in [0.4, 0.5) is 0 Å². The molecule has 2 N–H and O–H groups in total. The van der Waals surface area contributed by atoms with Gasteiger partial charge in [-0.05, 0) is 24.1 Å². The Balaban J connectivity index is 1.55. The van der Waals surface area contributed by atoms with Gasteiger partial charge in [-0.1, -0.05) is 30.3 Å². The summed E-state index contributed by atoms with van der Waals surface area (Å²) in [5.41, 5.74) is 6.67. The Morgan fingerprint density at radius 2 is 1.85 bits per heavy atom. The minimum atomic E-state index is -0.383. The number of ether oxygens (including phenoxy) is 1. The van der Waals surface area contributed by atoms with Gasteiger partial charge in [0.05, 0.1) is 12.5 Å². The number of pyridine rings is 1. The van der Waals surface area contributed by atoms with E-state index in [-0.39, 0.29) is 23.7 Å². The Bertz CT molecular complexity index is 736. The van der Waals surface area contributed by atoms with Gasteiger partial charge in [-0.25, -0.2) is 0 Å². The molecular weight excluding hydrogens is 330 g/mol. The number of carbonyl (C=O) groups is 2. The topological polar surface area (TPSA) is 85.5 Å². The van der Waals surface area contributed by atoms with Gasteiger partial charge in [0.1, 0.15) is 5.75 Å². The van der Waals surface area contributed by atoms with E-state index >= 15 is 0 Å². The second-order valence-corrected chi connectivity index (χ2v) is 6.55. The maximum Gasteiger partial charge on any atom is 0.222 e. The van der Waals surface area contributed by atoms with Crippen molar-refractivity contribution in [3.63, 3.8) is 0 Å². The Morgan fingerprint density at radius 3 is 2.54 bits per heavy atom. The number of aromatic nitrogens is 1. The molecule has 26 heavy (non-hydrogen) atoms. The number of benzene rings is 1. The quantitative estimate of drug-likeness (QED) is 0.820. The van der Waals surface area contributed by atoms with E-state index in [2.05, 4.69) is 4.98 Å². The van der Waals surface area contributed by atoms with Crippen LogP contribution >= 0.6 is 0 Å². The lowest BCUT2D eigenvalue weighted by atomic mass is 9.96. The third-order valence-corrected chi connectivity index (χ3v) is 4.74. The number of nitrogens with two attached hydrogens (primary N) is 1. The average molecular weight is 353 g/mol. The van der Waals surface area contributed by atoms with E-state index in [0.29, 0.717) is 38.3 Å². The summed E-state index contributed by atoms with van der Waals surface area (Å²) >= 11 is 0. The van der Waals surface area contributed by atoms with Gasteiger partial charge in [-0.3, -0.25) is 14.6 Å².